The van der Waals surface area contributed by atoms with Crippen LogP contribution in [-0.2, 0) is 0 Å². The fourth-order valence-electron chi connectivity index (χ4n) is 4.72. The Morgan fingerprint density at radius 3 is 2.62 bits per heavy atom. The highest BCUT2D eigenvalue weighted by atomic mass is 14.5. The summed E-state index contributed by atoms with van der Waals surface area (Å²) >= 11 is 0. The minimum Gasteiger partial charge on any atom is -0.0882 e. The first-order valence-electron chi connectivity index (χ1n) is 7.24. The largest absolute Gasteiger partial charge is 0.0882 e. The molecule has 2 rings (SSSR count). The molecule has 16 heavy (non-hydrogen) atoms. The summed E-state index contributed by atoms with van der Waals surface area (Å²) in [5.41, 5.74) is 2.39. The van der Waals surface area contributed by atoms with Crippen LogP contribution >= 0.6 is 0 Å². The van der Waals surface area contributed by atoms with Crippen LogP contribution in [0.4, 0.5) is 0 Å². The van der Waals surface area contributed by atoms with E-state index in [4.69, 9.17) is 0 Å². The van der Waals surface area contributed by atoms with Crippen molar-refractivity contribution in [3.63, 3.8) is 0 Å². The fourth-order valence-corrected chi connectivity index (χ4v) is 4.72. The third kappa shape index (κ3) is 1.85. The number of hydrogen-bond acceptors (Lipinski definition) is 0. The molecule has 2 fully saturated rings. The molecule has 0 bridgehead atoms. The van der Waals surface area contributed by atoms with E-state index in [1.807, 2.05) is 0 Å². The summed E-state index contributed by atoms with van der Waals surface area (Å²) in [6.45, 7) is 9.70. The van der Waals surface area contributed by atoms with Crippen molar-refractivity contribution in [1.82, 2.24) is 0 Å². The van der Waals surface area contributed by atoms with Gasteiger partial charge in [0.05, 0.1) is 0 Å². The number of fused-ring (bicyclic) bond motifs is 1. The Balaban J connectivity index is 2.29. The minimum atomic E-state index is 0.618. The van der Waals surface area contributed by atoms with E-state index < -0.39 is 0 Å². The molecule has 3 unspecified atom stereocenters. The molecule has 0 aromatic rings. The van der Waals surface area contributed by atoms with Crippen LogP contribution in [0.1, 0.15) is 66.2 Å². The third-order valence-electron chi connectivity index (χ3n) is 5.46. The molecule has 0 amide bonds. The molecule has 0 spiro atoms. The van der Waals surface area contributed by atoms with E-state index in [1.165, 1.54) is 38.5 Å². The van der Waals surface area contributed by atoms with Gasteiger partial charge in [0, 0.05) is 0 Å². The van der Waals surface area contributed by atoms with Crippen molar-refractivity contribution >= 4 is 0 Å². The maximum atomic E-state index is 2.59. The Labute approximate surface area is 102 Å². The monoisotopic (exact) mass is 220 g/mol. The molecular weight excluding hydrogens is 192 g/mol. The first-order chi connectivity index (χ1) is 7.59. The average molecular weight is 220 g/mol. The molecular formula is C16H28. The second kappa shape index (κ2) is 4.55. The van der Waals surface area contributed by atoms with E-state index in [2.05, 4.69) is 33.8 Å². The zero-order valence-electron chi connectivity index (χ0n) is 11.6. The van der Waals surface area contributed by atoms with Crippen molar-refractivity contribution < 1.29 is 0 Å². The van der Waals surface area contributed by atoms with Crippen LogP contribution in [-0.4, -0.2) is 0 Å². The van der Waals surface area contributed by atoms with Crippen molar-refractivity contribution in [3.8, 4) is 0 Å². The maximum Gasteiger partial charge on any atom is -0.0147 e. The molecule has 3 atom stereocenters. The Hall–Kier alpha value is -0.260. The zero-order chi connectivity index (χ0) is 11.8. The molecule has 92 valence electrons. The molecule has 0 aromatic heterocycles. The normalized spacial score (nSPS) is 42.4. The first kappa shape index (κ1) is 12.2. The Morgan fingerprint density at radius 1 is 1.25 bits per heavy atom. The maximum absolute atomic E-state index is 2.59. The first-order valence-corrected chi connectivity index (χ1v) is 7.24. The third-order valence-corrected chi connectivity index (χ3v) is 5.46. The van der Waals surface area contributed by atoms with Gasteiger partial charge in [0.1, 0.15) is 0 Å². The topological polar surface area (TPSA) is 0 Å². The molecule has 0 aliphatic heterocycles. The molecule has 0 nitrogen and oxygen atoms in total. The van der Waals surface area contributed by atoms with E-state index in [1.54, 1.807) is 5.57 Å². The van der Waals surface area contributed by atoms with Gasteiger partial charge in [-0.1, -0.05) is 38.8 Å². The summed E-state index contributed by atoms with van der Waals surface area (Å²) in [6.07, 6.45) is 11.1. The van der Waals surface area contributed by atoms with Gasteiger partial charge in [0.15, 0.2) is 0 Å². The lowest BCUT2D eigenvalue weighted by Gasteiger charge is -2.53. The van der Waals surface area contributed by atoms with E-state index in [0.717, 1.165) is 17.8 Å². The van der Waals surface area contributed by atoms with Gasteiger partial charge < -0.3 is 0 Å². The van der Waals surface area contributed by atoms with Crippen LogP contribution in [0.5, 0.6) is 0 Å². The molecule has 0 saturated heterocycles. The van der Waals surface area contributed by atoms with Crippen molar-refractivity contribution in [1.29, 1.82) is 0 Å². The summed E-state index contributed by atoms with van der Waals surface area (Å²) in [6, 6.07) is 0. The molecule has 0 heterocycles. The Morgan fingerprint density at radius 2 is 2.00 bits per heavy atom. The lowest BCUT2D eigenvalue weighted by Crippen LogP contribution is -2.44. The predicted octanol–water partition coefficient (Wildman–Crippen LogP) is 5.20. The van der Waals surface area contributed by atoms with Crippen LogP contribution in [0.25, 0.3) is 0 Å². The van der Waals surface area contributed by atoms with Gasteiger partial charge in [-0.05, 0) is 62.2 Å². The number of allylic oxidation sites excluding steroid dienone is 2. The van der Waals surface area contributed by atoms with Crippen LogP contribution in [0.3, 0.4) is 0 Å². The SMILES string of the molecule is C/C=C1\CCCC2(C)C1CCCC2C(C)C. The second-order valence-corrected chi connectivity index (χ2v) is 6.56. The van der Waals surface area contributed by atoms with Crippen LogP contribution < -0.4 is 0 Å². The second-order valence-electron chi connectivity index (χ2n) is 6.56. The average Bonchev–Trinajstić information content (AvgIpc) is 2.26. The van der Waals surface area contributed by atoms with Gasteiger partial charge in [-0.2, -0.15) is 0 Å². The summed E-state index contributed by atoms with van der Waals surface area (Å²) in [7, 11) is 0. The zero-order valence-corrected chi connectivity index (χ0v) is 11.6. The van der Waals surface area contributed by atoms with Crippen LogP contribution in [0, 0.1) is 23.2 Å². The van der Waals surface area contributed by atoms with E-state index >= 15 is 0 Å². The van der Waals surface area contributed by atoms with Gasteiger partial charge in [0.2, 0.25) is 0 Å². The number of hydrogen-bond donors (Lipinski definition) is 0. The van der Waals surface area contributed by atoms with Crippen LogP contribution in [0.2, 0.25) is 0 Å². The van der Waals surface area contributed by atoms with E-state index in [-0.39, 0.29) is 0 Å². The van der Waals surface area contributed by atoms with E-state index in [0.29, 0.717) is 5.41 Å². The quantitative estimate of drug-likeness (QED) is 0.533. The van der Waals surface area contributed by atoms with Gasteiger partial charge in [0.25, 0.3) is 0 Å². The fraction of sp³-hybridized carbons (Fsp3) is 0.875. The molecule has 2 aliphatic carbocycles. The van der Waals surface area contributed by atoms with Gasteiger partial charge in [-0.15, -0.1) is 0 Å². The Bertz CT molecular complexity index is 274. The predicted molar refractivity (Wildman–Crippen MR) is 71.4 cm³/mol. The smallest absolute Gasteiger partial charge is 0.0147 e. The molecule has 2 aliphatic rings. The summed E-state index contributed by atoms with van der Waals surface area (Å²) in [5, 5.41) is 0. The lowest BCUT2D eigenvalue weighted by atomic mass is 9.52. The van der Waals surface area contributed by atoms with Crippen molar-refractivity contribution in [2.75, 3.05) is 0 Å². The standard InChI is InChI=1S/C16H28/c1-5-13-8-7-11-16(4)14(12(2)3)9-6-10-15(13)16/h5,12,14-15H,6-11H2,1-4H3/b13-5+. The summed E-state index contributed by atoms with van der Waals surface area (Å²) in [5.74, 6) is 2.73. The lowest BCUT2D eigenvalue weighted by molar-refractivity contribution is 0.00577. The van der Waals surface area contributed by atoms with Gasteiger partial charge >= 0.3 is 0 Å². The molecule has 2 saturated carbocycles. The summed E-state index contributed by atoms with van der Waals surface area (Å²) in [4.78, 5) is 0. The molecule has 0 N–H and O–H groups in total. The highest BCUT2D eigenvalue weighted by Crippen LogP contribution is 2.57. The van der Waals surface area contributed by atoms with E-state index in [9.17, 15) is 0 Å². The van der Waals surface area contributed by atoms with Gasteiger partial charge in [-0.25, -0.2) is 0 Å². The van der Waals surface area contributed by atoms with Crippen molar-refractivity contribution in [2.24, 2.45) is 23.2 Å². The van der Waals surface area contributed by atoms with Crippen LogP contribution in [0.15, 0.2) is 11.6 Å². The number of rotatable bonds is 1. The van der Waals surface area contributed by atoms with Crippen molar-refractivity contribution in [3.05, 3.63) is 11.6 Å². The van der Waals surface area contributed by atoms with Gasteiger partial charge in [-0.3, -0.25) is 0 Å². The Kier molecular flexibility index (Phi) is 3.47. The summed E-state index contributed by atoms with van der Waals surface area (Å²) < 4.78 is 0. The van der Waals surface area contributed by atoms with Crippen molar-refractivity contribution in [2.45, 2.75) is 66.2 Å². The molecule has 0 heteroatoms. The molecule has 0 aromatic carbocycles. The highest BCUT2D eigenvalue weighted by Gasteiger charge is 2.47. The minimum absolute atomic E-state index is 0.618. The highest BCUT2D eigenvalue weighted by molar-refractivity contribution is 5.16. The molecule has 0 radical (unpaired) electrons.